The molecule has 0 atom stereocenters. The van der Waals surface area contributed by atoms with Crippen molar-refractivity contribution in [2.75, 3.05) is 12.4 Å². The number of benzene rings is 2. The van der Waals surface area contributed by atoms with Crippen LogP contribution in [0.5, 0.6) is 5.75 Å². The van der Waals surface area contributed by atoms with E-state index in [1.807, 2.05) is 18.2 Å². The molecule has 2 aromatic carbocycles. The van der Waals surface area contributed by atoms with Crippen LogP contribution in [0, 0.1) is 5.82 Å². The SMILES string of the molecule is COc1cccc(Cn2cnc(NC(=O)c3ccccc3F)c2C(N)=O)c1. The third-order valence-electron chi connectivity index (χ3n) is 3.91. The van der Waals surface area contributed by atoms with Crippen molar-refractivity contribution in [3.63, 3.8) is 0 Å². The van der Waals surface area contributed by atoms with Crippen molar-refractivity contribution in [1.82, 2.24) is 9.55 Å². The maximum atomic E-state index is 13.8. The largest absolute Gasteiger partial charge is 0.497 e. The Morgan fingerprint density at radius 2 is 2.00 bits per heavy atom. The number of methoxy groups -OCH3 is 1. The predicted molar refractivity (Wildman–Crippen MR) is 97.2 cm³/mol. The second kappa shape index (κ2) is 7.69. The molecule has 0 radical (unpaired) electrons. The number of amides is 2. The highest BCUT2D eigenvalue weighted by Crippen LogP contribution is 2.19. The molecule has 0 spiro atoms. The van der Waals surface area contributed by atoms with Crippen LogP contribution in [0.4, 0.5) is 10.2 Å². The van der Waals surface area contributed by atoms with E-state index in [2.05, 4.69) is 10.3 Å². The first-order chi connectivity index (χ1) is 13.0. The number of aromatic nitrogens is 2. The van der Waals surface area contributed by atoms with Crippen LogP contribution in [-0.4, -0.2) is 28.5 Å². The third-order valence-corrected chi connectivity index (χ3v) is 3.91. The van der Waals surface area contributed by atoms with E-state index in [0.717, 1.165) is 5.56 Å². The van der Waals surface area contributed by atoms with E-state index in [4.69, 9.17) is 10.5 Å². The molecule has 2 amide bonds. The number of imidazole rings is 1. The second-order valence-corrected chi connectivity index (χ2v) is 5.72. The van der Waals surface area contributed by atoms with Crippen LogP contribution in [0.3, 0.4) is 0 Å². The van der Waals surface area contributed by atoms with Crippen LogP contribution < -0.4 is 15.8 Å². The summed E-state index contributed by atoms with van der Waals surface area (Å²) in [6.07, 6.45) is 1.39. The molecule has 0 aliphatic heterocycles. The van der Waals surface area contributed by atoms with Crippen LogP contribution in [0.25, 0.3) is 0 Å². The Hall–Kier alpha value is -3.68. The van der Waals surface area contributed by atoms with Gasteiger partial charge in [0.05, 0.1) is 19.0 Å². The number of primary amides is 1. The van der Waals surface area contributed by atoms with Gasteiger partial charge in [-0.25, -0.2) is 9.37 Å². The summed E-state index contributed by atoms with van der Waals surface area (Å²) in [7, 11) is 1.56. The Balaban J connectivity index is 1.88. The third kappa shape index (κ3) is 3.95. The fourth-order valence-electron chi connectivity index (χ4n) is 2.64. The average Bonchev–Trinajstić information content (AvgIpc) is 3.04. The predicted octanol–water partition coefficient (Wildman–Crippen LogP) is 2.43. The van der Waals surface area contributed by atoms with Crippen molar-refractivity contribution >= 4 is 17.6 Å². The summed E-state index contributed by atoms with van der Waals surface area (Å²) in [6.45, 7) is 0.290. The number of anilines is 1. The molecule has 0 aliphatic rings. The first-order valence-corrected chi connectivity index (χ1v) is 8.03. The number of hydrogen-bond donors (Lipinski definition) is 2. The van der Waals surface area contributed by atoms with Crippen LogP contribution in [0.2, 0.25) is 0 Å². The van der Waals surface area contributed by atoms with Gasteiger partial charge in [-0.2, -0.15) is 0 Å². The van der Waals surface area contributed by atoms with Gasteiger partial charge in [0.1, 0.15) is 11.6 Å². The lowest BCUT2D eigenvalue weighted by atomic mass is 10.2. The van der Waals surface area contributed by atoms with E-state index in [1.54, 1.807) is 13.2 Å². The average molecular weight is 368 g/mol. The Labute approximate surface area is 154 Å². The lowest BCUT2D eigenvalue weighted by molar-refractivity contribution is 0.0993. The van der Waals surface area contributed by atoms with Gasteiger partial charge in [0.15, 0.2) is 11.5 Å². The minimum Gasteiger partial charge on any atom is -0.497 e. The molecular weight excluding hydrogens is 351 g/mol. The van der Waals surface area contributed by atoms with Crippen LogP contribution in [0.15, 0.2) is 54.9 Å². The first kappa shape index (κ1) is 18.1. The molecule has 27 heavy (non-hydrogen) atoms. The second-order valence-electron chi connectivity index (χ2n) is 5.72. The molecule has 0 aliphatic carbocycles. The van der Waals surface area contributed by atoms with E-state index in [0.29, 0.717) is 5.75 Å². The Morgan fingerprint density at radius 1 is 1.22 bits per heavy atom. The Bertz CT molecular complexity index is 1000. The van der Waals surface area contributed by atoms with Gasteiger partial charge in [-0.1, -0.05) is 24.3 Å². The standard InChI is InChI=1S/C19H17FN4O3/c1-27-13-6-4-5-12(9-13)10-24-11-22-18(16(24)17(21)25)23-19(26)14-7-2-3-8-15(14)20/h2-9,11H,10H2,1H3,(H2,21,25)(H,23,26). The van der Waals surface area contributed by atoms with Gasteiger partial charge in [0.25, 0.3) is 11.8 Å². The van der Waals surface area contributed by atoms with Crippen molar-refractivity contribution in [3.05, 3.63) is 77.5 Å². The number of nitrogens with zero attached hydrogens (tertiary/aromatic N) is 2. The molecule has 3 N–H and O–H groups in total. The molecular formula is C19H17FN4O3. The number of nitrogens with one attached hydrogen (secondary N) is 1. The van der Waals surface area contributed by atoms with Gasteiger partial charge < -0.3 is 20.4 Å². The number of carbonyl (C=O) groups is 2. The van der Waals surface area contributed by atoms with Crippen molar-refractivity contribution in [3.8, 4) is 5.75 Å². The normalized spacial score (nSPS) is 10.4. The maximum Gasteiger partial charge on any atom is 0.269 e. The van der Waals surface area contributed by atoms with E-state index >= 15 is 0 Å². The number of carbonyl (C=O) groups excluding carboxylic acids is 2. The summed E-state index contributed by atoms with van der Waals surface area (Å²) in [5, 5.41) is 2.44. The number of halogens is 1. The van der Waals surface area contributed by atoms with E-state index in [-0.39, 0.29) is 23.6 Å². The molecule has 8 heteroatoms. The van der Waals surface area contributed by atoms with E-state index in [9.17, 15) is 14.0 Å². The van der Waals surface area contributed by atoms with Crippen LogP contribution >= 0.6 is 0 Å². The molecule has 0 fully saturated rings. The number of ether oxygens (including phenoxy) is 1. The summed E-state index contributed by atoms with van der Waals surface area (Å²) in [5.74, 6) is -1.52. The molecule has 7 nitrogen and oxygen atoms in total. The van der Waals surface area contributed by atoms with Crippen molar-refractivity contribution in [1.29, 1.82) is 0 Å². The molecule has 1 heterocycles. The number of rotatable bonds is 6. The molecule has 0 saturated carbocycles. The Kier molecular flexibility index (Phi) is 5.16. The molecule has 0 unspecified atom stereocenters. The Morgan fingerprint density at radius 3 is 2.70 bits per heavy atom. The van der Waals surface area contributed by atoms with Gasteiger partial charge >= 0.3 is 0 Å². The zero-order valence-electron chi connectivity index (χ0n) is 14.5. The monoisotopic (exact) mass is 368 g/mol. The summed E-state index contributed by atoms with van der Waals surface area (Å²) in [4.78, 5) is 28.3. The van der Waals surface area contributed by atoms with E-state index < -0.39 is 17.6 Å². The molecule has 0 bridgehead atoms. The lowest BCUT2D eigenvalue weighted by Crippen LogP contribution is -2.21. The van der Waals surface area contributed by atoms with Crippen molar-refractivity contribution in [2.24, 2.45) is 5.73 Å². The molecule has 0 saturated heterocycles. The highest BCUT2D eigenvalue weighted by atomic mass is 19.1. The van der Waals surface area contributed by atoms with Crippen LogP contribution in [-0.2, 0) is 6.54 Å². The highest BCUT2D eigenvalue weighted by molar-refractivity contribution is 6.07. The number of nitrogens with two attached hydrogens (primary N) is 1. The fourth-order valence-corrected chi connectivity index (χ4v) is 2.64. The van der Waals surface area contributed by atoms with Gasteiger partial charge in [-0.3, -0.25) is 9.59 Å². The van der Waals surface area contributed by atoms with Gasteiger partial charge in [0, 0.05) is 6.54 Å². The zero-order valence-corrected chi connectivity index (χ0v) is 14.5. The van der Waals surface area contributed by atoms with E-state index in [1.165, 1.54) is 35.2 Å². The molecule has 1 aromatic heterocycles. The minimum absolute atomic E-state index is 0.0162. The topological polar surface area (TPSA) is 99.2 Å². The van der Waals surface area contributed by atoms with Gasteiger partial charge in [-0.05, 0) is 29.8 Å². The summed E-state index contributed by atoms with van der Waals surface area (Å²) in [6, 6.07) is 12.8. The molecule has 138 valence electrons. The van der Waals surface area contributed by atoms with Crippen LogP contribution in [0.1, 0.15) is 26.4 Å². The van der Waals surface area contributed by atoms with Gasteiger partial charge in [-0.15, -0.1) is 0 Å². The van der Waals surface area contributed by atoms with Gasteiger partial charge in [0.2, 0.25) is 0 Å². The summed E-state index contributed by atoms with van der Waals surface area (Å²) >= 11 is 0. The molecule has 3 rings (SSSR count). The smallest absolute Gasteiger partial charge is 0.269 e. The minimum atomic E-state index is -0.765. The maximum absolute atomic E-state index is 13.8. The quantitative estimate of drug-likeness (QED) is 0.698. The fraction of sp³-hybridized carbons (Fsp3) is 0.105. The van der Waals surface area contributed by atoms with Crippen molar-refractivity contribution in [2.45, 2.75) is 6.54 Å². The molecule has 3 aromatic rings. The lowest BCUT2D eigenvalue weighted by Gasteiger charge is -2.09. The summed E-state index contributed by atoms with van der Waals surface area (Å²) < 4.78 is 20.5. The first-order valence-electron chi connectivity index (χ1n) is 8.03. The summed E-state index contributed by atoms with van der Waals surface area (Å²) in [5.41, 5.74) is 6.17. The number of hydrogen-bond acceptors (Lipinski definition) is 4. The van der Waals surface area contributed by atoms with Crippen molar-refractivity contribution < 1.29 is 18.7 Å². The highest BCUT2D eigenvalue weighted by Gasteiger charge is 2.20. The zero-order chi connectivity index (χ0) is 19.4.